The monoisotopic (exact) mass is 386 g/mol. The SMILES string of the molecule is O=C(/C=C/c1cn(-c2ccccc2)nc1-c1ccccc1)NCCN1CCCC1. The summed E-state index contributed by atoms with van der Waals surface area (Å²) >= 11 is 0. The number of carbonyl (C=O) groups excluding carboxylic acids is 1. The third-order valence-corrected chi connectivity index (χ3v) is 5.15. The van der Waals surface area contributed by atoms with Gasteiger partial charge in [0, 0.05) is 36.5 Å². The van der Waals surface area contributed by atoms with Gasteiger partial charge < -0.3 is 10.2 Å². The standard InChI is InChI=1S/C24H26N4O/c29-23(25-15-18-27-16-7-8-17-27)14-13-21-19-28(22-11-5-2-6-12-22)26-24(21)20-9-3-1-4-10-20/h1-6,9-14,19H,7-8,15-18H2,(H,25,29)/b14-13+. The molecule has 0 unspecified atom stereocenters. The van der Waals surface area contributed by atoms with Crippen LogP contribution in [0, 0.1) is 0 Å². The topological polar surface area (TPSA) is 50.2 Å². The molecule has 1 saturated heterocycles. The smallest absolute Gasteiger partial charge is 0.244 e. The van der Waals surface area contributed by atoms with Gasteiger partial charge in [0.1, 0.15) is 0 Å². The Labute approximate surface area is 171 Å². The van der Waals surface area contributed by atoms with Gasteiger partial charge in [0.25, 0.3) is 0 Å². The molecule has 0 radical (unpaired) electrons. The number of nitrogens with zero attached hydrogens (tertiary/aromatic N) is 3. The van der Waals surface area contributed by atoms with Crippen molar-refractivity contribution < 1.29 is 4.79 Å². The zero-order valence-corrected chi connectivity index (χ0v) is 16.5. The van der Waals surface area contributed by atoms with E-state index in [1.165, 1.54) is 12.8 Å². The molecular formula is C24H26N4O. The van der Waals surface area contributed by atoms with Crippen molar-refractivity contribution in [2.24, 2.45) is 0 Å². The highest BCUT2D eigenvalue weighted by Gasteiger charge is 2.12. The van der Waals surface area contributed by atoms with Gasteiger partial charge in [-0.3, -0.25) is 4.79 Å². The molecule has 0 saturated carbocycles. The molecule has 5 heteroatoms. The Hall–Kier alpha value is -3.18. The molecule has 1 N–H and O–H groups in total. The molecule has 1 aromatic heterocycles. The molecule has 0 bridgehead atoms. The van der Waals surface area contributed by atoms with E-state index in [2.05, 4.69) is 10.2 Å². The summed E-state index contributed by atoms with van der Waals surface area (Å²) in [5.41, 5.74) is 3.78. The van der Waals surface area contributed by atoms with Crippen LogP contribution in [0.5, 0.6) is 0 Å². The van der Waals surface area contributed by atoms with Crippen molar-refractivity contribution in [1.82, 2.24) is 20.0 Å². The van der Waals surface area contributed by atoms with Crippen LogP contribution in [0.15, 0.2) is 72.9 Å². The van der Waals surface area contributed by atoms with E-state index < -0.39 is 0 Å². The largest absolute Gasteiger partial charge is 0.351 e. The number of benzene rings is 2. The second-order valence-electron chi connectivity index (χ2n) is 7.25. The number of hydrogen-bond donors (Lipinski definition) is 1. The number of rotatable bonds is 7. The van der Waals surface area contributed by atoms with Gasteiger partial charge in [-0.05, 0) is 44.1 Å². The highest BCUT2D eigenvalue weighted by Crippen LogP contribution is 2.24. The molecule has 2 heterocycles. The van der Waals surface area contributed by atoms with E-state index >= 15 is 0 Å². The van der Waals surface area contributed by atoms with Crippen molar-refractivity contribution in [3.8, 4) is 16.9 Å². The molecule has 148 valence electrons. The molecule has 0 atom stereocenters. The first-order valence-corrected chi connectivity index (χ1v) is 10.2. The minimum absolute atomic E-state index is 0.0735. The molecule has 1 aliphatic rings. The second-order valence-corrected chi connectivity index (χ2v) is 7.25. The number of hydrogen-bond acceptors (Lipinski definition) is 3. The Morgan fingerprint density at radius 3 is 2.41 bits per heavy atom. The van der Waals surface area contributed by atoms with Crippen LogP contribution >= 0.6 is 0 Å². The van der Waals surface area contributed by atoms with E-state index in [0.29, 0.717) is 6.54 Å². The number of likely N-dealkylation sites (tertiary alicyclic amines) is 1. The first-order chi connectivity index (χ1) is 14.3. The fourth-order valence-corrected chi connectivity index (χ4v) is 3.61. The normalized spacial score (nSPS) is 14.5. The Balaban J connectivity index is 1.49. The number of amides is 1. The van der Waals surface area contributed by atoms with E-state index in [9.17, 15) is 4.79 Å². The average molecular weight is 386 g/mol. The third-order valence-electron chi connectivity index (χ3n) is 5.15. The van der Waals surface area contributed by atoms with Crippen LogP contribution < -0.4 is 5.32 Å². The first kappa shape index (κ1) is 19.2. The number of nitrogens with one attached hydrogen (secondary N) is 1. The molecule has 29 heavy (non-hydrogen) atoms. The van der Waals surface area contributed by atoms with Gasteiger partial charge in [0.15, 0.2) is 0 Å². The van der Waals surface area contributed by atoms with E-state index in [1.54, 1.807) is 6.08 Å². The molecule has 0 aliphatic carbocycles. The van der Waals surface area contributed by atoms with Gasteiger partial charge >= 0.3 is 0 Å². The van der Waals surface area contributed by atoms with Crippen LogP contribution in [0.1, 0.15) is 18.4 Å². The van der Waals surface area contributed by atoms with Crippen LogP contribution in [-0.2, 0) is 4.79 Å². The molecular weight excluding hydrogens is 360 g/mol. The quantitative estimate of drug-likeness (QED) is 0.629. The van der Waals surface area contributed by atoms with E-state index in [-0.39, 0.29) is 5.91 Å². The summed E-state index contributed by atoms with van der Waals surface area (Å²) in [4.78, 5) is 14.7. The number of para-hydroxylation sites is 1. The molecule has 3 aromatic rings. The van der Waals surface area contributed by atoms with Crippen LogP contribution in [0.25, 0.3) is 23.0 Å². The highest BCUT2D eigenvalue weighted by molar-refractivity contribution is 5.92. The predicted octanol–water partition coefficient (Wildman–Crippen LogP) is 3.76. The number of carbonyl (C=O) groups is 1. The van der Waals surface area contributed by atoms with Crippen LogP contribution in [-0.4, -0.2) is 46.8 Å². The summed E-state index contributed by atoms with van der Waals surface area (Å²) in [6.45, 7) is 3.88. The predicted molar refractivity (Wildman–Crippen MR) is 117 cm³/mol. The zero-order chi connectivity index (χ0) is 19.9. The lowest BCUT2D eigenvalue weighted by molar-refractivity contribution is -0.116. The molecule has 1 amide bonds. The lowest BCUT2D eigenvalue weighted by Crippen LogP contribution is -2.32. The van der Waals surface area contributed by atoms with Crippen molar-refractivity contribution in [2.75, 3.05) is 26.2 Å². The van der Waals surface area contributed by atoms with Gasteiger partial charge in [0.05, 0.1) is 11.4 Å². The van der Waals surface area contributed by atoms with Gasteiger partial charge in [-0.25, -0.2) is 4.68 Å². The van der Waals surface area contributed by atoms with Gasteiger partial charge in [-0.1, -0.05) is 48.5 Å². The van der Waals surface area contributed by atoms with Crippen LogP contribution in [0.3, 0.4) is 0 Å². The van der Waals surface area contributed by atoms with Crippen LogP contribution in [0.4, 0.5) is 0 Å². The van der Waals surface area contributed by atoms with Gasteiger partial charge in [-0.2, -0.15) is 5.10 Å². The second kappa shape index (κ2) is 9.34. The van der Waals surface area contributed by atoms with Crippen molar-refractivity contribution in [1.29, 1.82) is 0 Å². The summed E-state index contributed by atoms with van der Waals surface area (Å²) in [6.07, 6.45) is 7.94. The lowest BCUT2D eigenvalue weighted by Gasteiger charge is -2.13. The molecule has 4 rings (SSSR count). The van der Waals surface area contributed by atoms with Crippen molar-refractivity contribution in [3.63, 3.8) is 0 Å². The summed E-state index contributed by atoms with van der Waals surface area (Å²) < 4.78 is 1.85. The Kier molecular flexibility index (Phi) is 6.17. The third kappa shape index (κ3) is 5.00. The van der Waals surface area contributed by atoms with Crippen molar-refractivity contribution in [2.45, 2.75) is 12.8 Å². The molecule has 5 nitrogen and oxygen atoms in total. The molecule has 2 aromatic carbocycles. The molecule has 1 aliphatic heterocycles. The van der Waals surface area contributed by atoms with E-state index in [0.717, 1.165) is 42.1 Å². The minimum Gasteiger partial charge on any atom is -0.351 e. The fourth-order valence-electron chi connectivity index (χ4n) is 3.61. The maximum absolute atomic E-state index is 12.3. The van der Waals surface area contributed by atoms with Gasteiger partial charge in [0.2, 0.25) is 5.91 Å². The fraction of sp³-hybridized carbons (Fsp3) is 0.250. The number of aromatic nitrogens is 2. The summed E-state index contributed by atoms with van der Waals surface area (Å²) in [5, 5.41) is 7.75. The summed E-state index contributed by atoms with van der Waals surface area (Å²) in [7, 11) is 0. The Bertz CT molecular complexity index is 957. The zero-order valence-electron chi connectivity index (χ0n) is 16.5. The van der Waals surface area contributed by atoms with E-state index in [1.807, 2.05) is 77.6 Å². The molecule has 0 spiro atoms. The van der Waals surface area contributed by atoms with Crippen LogP contribution in [0.2, 0.25) is 0 Å². The van der Waals surface area contributed by atoms with Crippen molar-refractivity contribution >= 4 is 12.0 Å². The van der Waals surface area contributed by atoms with Gasteiger partial charge in [-0.15, -0.1) is 0 Å². The Morgan fingerprint density at radius 2 is 1.69 bits per heavy atom. The lowest BCUT2D eigenvalue weighted by atomic mass is 10.1. The average Bonchev–Trinajstić information content (AvgIpc) is 3.44. The minimum atomic E-state index is -0.0735. The first-order valence-electron chi connectivity index (χ1n) is 10.2. The maximum atomic E-state index is 12.3. The summed E-state index contributed by atoms with van der Waals surface area (Å²) in [5.74, 6) is -0.0735. The molecule has 1 fully saturated rings. The summed E-state index contributed by atoms with van der Waals surface area (Å²) in [6, 6.07) is 20.0. The highest BCUT2D eigenvalue weighted by atomic mass is 16.1. The van der Waals surface area contributed by atoms with E-state index in [4.69, 9.17) is 5.10 Å². The Morgan fingerprint density at radius 1 is 1.00 bits per heavy atom. The maximum Gasteiger partial charge on any atom is 0.244 e. The van der Waals surface area contributed by atoms with Crippen molar-refractivity contribution in [3.05, 3.63) is 78.5 Å².